The van der Waals surface area contributed by atoms with Gasteiger partial charge in [-0.2, -0.15) is 4.98 Å². The van der Waals surface area contributed by atoms with Gasteiger partial charge in [-0.05, 0) is 56.9 Å². The van der Waals surface area contributed by atoms with Gasteiger partial charge in [-0.3, -0.25) is 0 Å². The first-order chi connectivity index (χ1) is 12.2. The first-order valence-corrected chi connectivity index (χ1v) is 9.39. The molecule has 1 aliphatic carbocycles. The third-order valence-electron chi connectivity index (χ3n) is 5.61. The Hall–Kier alpha value is -1.72. The van der Waals surface area contributed by atoms with Crippen LogP contribution in [0, 0.1) is 19.8 Å². The largest absolute Gasteiger partial charge is 0.381 e. The lowest BCUT2D eigenvalue weighted by atomic mass is 9.75. The van der Waals surface area contributed by atoms with Crippen molar-refractivity contribution in [1.29, 1.82) is 0 Å². The Bertz CT molecular complexity index is 702. The predicted octanol–water partition coefficient (Wildman–Crippen LogP) is 3.69. The molecule has 4 rings (SSSR count). The quantitative estimate of drug-likeness (QED) is 0.899. The molecule has 0 radical (unpaired) electrons. The lowest BCUT2D eigenvalue weighted by Crippen LogP contribution is -2.45. The van der Waals surface area contributed by atoms with Crippen molar-refractivity contribution in [2.75, 3.05) is 13.2 Å². The number of hydrogen-bond donors (Lipinski definition) is 1. The summed E-state index contributed by atoms with van der Waals surface area (Å²) in [6, 6.07) is 9.57. The fourth-order valence-electron chi connectivity index (χ4n) is 4.10. The number of nitrogens with one attached hydrogen (secondary N) is 1. The van der Waals surface area contributed by atoms with Crippen molar-refractivity contribution >= 4 is 0 Å². The molecule has 0 bridgehead atoms. The normalized spacial score (nSPS) is 25.5. The van der Waals surface area contributed by atoms with E-state index in [1.807, 2.05) is 6.92 Å². The van der Waals surface area contributed by atoms with E-state index in [2.05, 4.69) is 46.6 Å². The minimum atomic E-state index is 0.147. The second kappa shape index (κ2) is 7.26. The lowest BCUT2D eigenvalue weighted by molar-refractivity contribution is 0.0436. The van der Waals surface area contributed by atoms with Crippen molar-refractivity contribution in [3.05, 3.63) is 47.1 Å². The van der Waals surface area contributed by atoms with Crippen molar-refractivity contribution in [2.45, 2.75) is 57.5 Å². The SMILES string of the molecule is Cc1cccc(C2CC(N[C@H](c3nc(C)no3)C3CCOCC3)C2)c1. The zero-order valence-electron chi connectivity index (χ0n) is 15.1. The highest BCUT2D eigenvalue weighted by Crippen LogP contribution is 2.40. The molecule has 2 fully saturated rings. The Balaban J connectivity index is 1.41. The molecule has 5 heteroatoms. The summed E-state index contributed by atoms with van der Waals surface area (Å²) in [5.41, 5.74) is 2.81. The molecule has 1 N–H and O–H groups in total. The van der Waals surface area contributed by atoms with Crippen molar-refractivity contribution in [2.24, 2.45) is 5.92 Å². The lowest BCUT2D eigenvalue weighted by Gasteiger charge is -2.40. The molecule has 2 aliphatic rings. The van der Waals surface area contributed by atoms with E-state index >= 15 is 0 Å². The molecule has 1 aromatic carbocycles. The number of nitrogens with zero attached hydrogens (tertiary/aromatic N) is 2. The molecule has 0 unspecified atom stereocenters. The van der Waals surface area contributed by atoms with Crippen LogP contribution >= 0.6 is 0 Å². The number of benzene rings is 1. The average molecular weight is 341 g/mol. The first-order valence-electron chi connectivity index (χ1n) is 9.39. The van der Waals surface area contributed by atoms with Crippen LogP contribution in [0.1, 0.15) is 60.5 Å². The summed E-state index contributed by atoms with van der Waals surface area (Å²) in [5, 5.41) is 7.81. The van der Waals surface area contributed by atoms with Gasteiger partial charge in [0.25, 0.3) is 0 Å². The van der Waals surface area contributed by atoms with Crippen molar-refractivity contribution in [3.63, 3.8) is 0 Å². The van der Waals surface area contributed by atoms with Crippen LogP contribution in [0.3, 0.4) is 0 Å². The third kappa shape index (κ3) is 3.77. The fraction of sp³-hybridized carbons (Fsp3) is 0.600. The van der Waals surface area contributed by atoms with E-state index in [4.69, 9.17) is 9.26 Å². The smallest absolute Gasteiger partial charge is 0.244 e. The molecule has 25 heavy (non-hydrogen) atoms. The van der Waals surface area contributed by atoms with E-state index in [1.54, 1.807) is 0 Å². The summed E-state index contributed by atoms with van der Waals surface area (Å²) in [4.78, 5) is 4.51. The monoisotopic (exact) mass is 341 g/mol. The molecule has 5 nitrogen and oxygen atoms in total. The van der Waals surface area contributed by atoms with Crippen molar-refractivity contribution < 1.29 is 9.26 Å². The number of ether oxygens (including phenoxy) is 1. The van der Waals surface area contributed by atoms with Crippen molar-refractivity contribution in [1.82, 2.24) is 15.5 Å². The van der Waals surface area contributed by atoms with Crippen LogP contribution in [0.5, 0.6) is 0 Å². The Morgan fingerprint density at radius 3 is 2.64 bits per heavy atom. The van der Waals surface area contributed by atoms with Gasteiger partial charge in [0, 0.05) is 19.3 Å². The van der Waals surface area contributed by atoms with Gasteiger partial charge < -0.3 is 14.6 Å². The van der Waals surface area contributed by atoms with E-state index < -0.39 is 0 Å². The molecule has 1 aromatic heterocycles. The van der Waals surface area contributed by atoms with Crippen LogP contribution in [0.25, 0.3) is 0 Å². The van der Waals surface area contributed by atoms with Gasteiger partial charge >= 0.3 is 0 Å². The zero-order valence-corrected chi connectivity index (χ0v) is 15.1. The van der Waals surface area contributed by atoms with Crippen molar-refractivity contribution in [3.8, 4) is 0 Å². The van der Waals surface area contributed by atoms with Crippen LogP contribution < -0.4 is 5.32 Å². The van der Waals surface area contributed by atoms with Crippen LogP contribution in [0.15, 0.2) is 28.8 Å². The highest BCUT2D eigenvalue weighted by atomic mass is 16.5. The molecule has 0 amide bonds. The van der Waals surface area contributed by atoms with E-state index in [-0.39, 0.29) is 6.04 Å². The number of rotatable bonds is 5. The predicted molar refractivity (Wildman–Crippen MR) is 95.4 cm³/mol. The molecule has 1 saturated carbocycles. The van der Waals surface area contributed by atoms with Gasteiger partial charge in [0.15, 0.2) is 5.82 Å². The Morgan fingerprint density at radius 2 is 1.96 bits per heavy atom. The number of aromatic nitrogens is 2. The molecule has 1 aliphatic heterocycles. The summed E-state index contributed by atoms with van der Waals surface area (Å²) < 4.78 is 11.0. The van der Waals surface area contributed by atoms with Gasteiger partial charge in [-0.15, -0.1) is 0 Å². The molecule has 0 spiro atoms. The van der Waals surface area contributed by atoms with Gasteiger partial charge in [-0.1, -0.05) is 35.0 Å². The summed E-state index contributed by atoms with van der Waals surface area (Å²) in [6.07, 6.45) is 4.45. The van der Waals surface area contributed by atoms with Gasteiger partial charge in [0.2, 0.25) is 5.89 Å². The number of hydrogen-bond acceptors (Lipinski definition) is 5. The molecular weight excluding hydrogens is 314 g/mol. The van der Waals surface area contributed by atoms with Crippen LogP contribution in [-0.2, 0) is 4.74 Å². The molecule has 1 saturated heterocycles. The average Bonchev–Trinajstić information content (AvgIpc) is 3.01. The third-order valence-corrected chi connectivity index (χ3v) is 5.61. The Kier molecular flexibility index (Phi) is 4.86. The van der Waals surface area contributed by atoms with E-state index in [9.17, 15) is 0 Å². The zero-order chi connectivity index (χ0) is 17.2. The standard InChI is InChI=1S/C20H27N3O2/c1-13-4-3-5-16(10-13)17-11-18(12-17)22-19(15-6-8-24-9-7-15)20-21-14(2)23-25-20/h3-5,10,15,17-19,22H,6-9,11-12H2,1-2H3/t17?,18?,19-/m0/s1. The summed E-state index contributed by atoms with van der Waals surface area (Å²) in [7, 11) is 0. The second-order valence-corrected chi connectivity index (χ2v) is 7.55. The fourth-order valence-corrected chi connectivity index (χ4v) is 4.10. The maximum atomic E-state index is 5.53. The van der Waals surface area contributed by atoms with E-state index in [0.717, 1.165) is 31.9 Å². The molecule has 2 heterocycles. The first kappa shape index (κ1) is 16.7. The molecular formula is C20H27N3O2. The minimum Gasteiger partial charge on any atom is -0.381 e. The second-order valence-electron chi connectivity index (χ2n) is 7.55. The topological polar surface area (TPSA) is 60.2 Å². The van der Waals surface area contributed by atoms with E-state index in [1.165, 1.54) is 24.0 Å². The Morgan fingerprint density at radius 1 is 1.16 bits per heavy atom. The molecule has 134 valence electrons. The Labute approximate surface area is 149 Å². The molecule has 2 aromatic rings. The molecule has 1 atom stereocenters. The highest BCUT2D eigenvalue weighted by Gasteiger charge is 2.36. The highest BCUT2D eigenvalue weighted by molar-refractivity contribution is 5.27. The maximum absolute atomic E-state index is 5.53. The van der Waals surface area contributed by atoms with Crippen LogP contribution in [0.2, 0.25) is 0 Å². The van der Waals surface area contributed by atoms with Crippen LogP contribution in [-0.4, -0.2) is 29.4 Å². The van der Waals surface area contributed by atoms with Crippen LogP contribution in [0.4, 0.5) is 0 Å². The summed E-state index contributed by atoms with van der Waals surface area (Å²) in [6.45, 7) is 5.70. The van der Waals surface area contributed by atoms with Gasteiger partial charge in [-0.25, -0.2) is 0 Å². The summed E-state index contributed by atoms with van der Waals surface area (Å²) >= 11 is 0. The number of aryl methyl sites for hydroxylation is 2. The maximum Gasteiger partial charge on any atom is 0.244 e. The summed E-state index contributed by atoms with van der Waals surface area (Å²) in [5.74, 6) is 2.62. The minimum absolute atomic E-state index is 0.147. The van der Waals surface area contributed by atoms with Gasteiger partial charge in [0.1, 0.15) is 0 Å². The van der Waals surface area contributed by atoms with Gasteiger partial charge in [0.05, 0.1) is 6.04 Å². The van der Waals surface area contributed by atoms with E-state index in [0.29, 0.717) is 23.7 Å².